The third kappa shape index (κ3) is 2.45. The maximum atomic E-state index is 11.7. The Bertz CT molecular complexity index is 582. The molecule has 0 aliphatic carbocycles. The molecule has 2 rings (SSSR count). The van der Waals surface area contributed by atoms with Crippen LogP contribution < -0.4 is 0 Å². The van der Waals surface area contributed by atoms with Gasteiger partial charge in [0.15, 0.2) is 0 Å². The second-order valence-electron chi connectivity index (χ2n) is 3.53. The number of carbonyl (C=O) groups is 1. The lowest BCUT2D eigenvalue weighted by atomic mass is 10.2. The molecular weight excluding hydrogens is 252 g/mol. The van der Waals surface area contributed by atoms with E-state index in [1.807, 2.05) is 6.92 Å². The van der Waals surface area contributed by atoms with Gasteiger partial charge in [-0.3, -0.25) is 0 Å². The van der Waals surface area contributed by atoms with Crippen LogP contribution in [0, 0.1) is 6.92 Å². The van der Waals surface area contributed by atoms with Crippen molar-refractivity contribution in [3.63, 3.8) is 0 Å². The van der Waals surface area contributed by atoms with E-state index < -0.39 is 0 Å². The Morgan fingerprint density at radius 2 is 2.22 bits per heavy atom. The fourth-order valence-corrected chi connectivity index (χ4v) is 2.03. The lowest BCUT2D eigenvalue weighted by molar-refractivity contribution is 0.0524. The third-order valence-electron chi connectivity index (χ3n) is 2.27. The molecule has 18 heavy (non-hydrogen) atoms. The fraction of sp³-hybridized carbons (Fsp3) is 0.455. The zero-order valence-electron chi connectivity index (χ0n) is 10.5. The fourth-order valence-electron chi connectivity index (χ4n) is 1.48. The molecular formula is C11H14N4O2S. The number of hydrogen-bond donors (Lipinski definition) is 0. The molecule has 0 fully saturated rings. The Morgan fingerprint density at radius 3 is 2.89 bits per heavy atom. The molecule has 6 nitrogen and oxygen atoms in total. The number of hydrogen-bond acceptors (Lipinski definition) is 6. The first-order valence-corrected chi connectivity index (χ1v) is 6.68. The van der Waals surface area contributed by atoms with E-state index in [-0.39, 0.29) is 5.97 Å². The summed E-state index contributed by atoms with van der Waals surface area (Å²) in [5.74, 6) is 1.00. The molecule has 96 valence electrons. The number of thioether (sulfide) groups is 1. The molecule has 0 saturated carbocycles. The molecule has 2 aromatic heterocycles. The van der Waals surface area contributed by atoms with Gasteiger partial charge in [0.05, 0.1) is 17.9 Å². The first-order valence-electron chi connectivity index (χ1n) is 5.69. The van der Waals surface area contributed by atoms with Gasteiger partial charge in [-0.25, -0.2) is 14.3 Å². The van der Waals surface area contributed by atoms with Crippen LogP contribution in [0.4, 0.5) is 0 Å². The topological polar surface area (TPSA) is 69.4 Å². The summed E-state index contributed by atoms with van der Waals surface area (Å²) in [7, 11) is 0. The molecule has 0 spiro atoms. The van der Waals surface area contributed by atoms with Crippen molar-refractivity contribution < 1.29 is 9.53 Å². The highest BCUT2D eigenvalue weighted by Crippen LogP contribution is 2.15. The summed E-state index contributed by atoms with van der Waals surface area (Å²) in [6, 6.07) is 0. The SMILES string of the molecule is CCOC(=O)c1cn2nc(SCC)nc2nc1C. The Labute approximate surface area is 109 Å². The van der Waals surface area contributed by atoms with Crippen LogP contribution in [0.1, 0.15) is 29.9 Å². The van der Waals surface area contributed by atoms with Gasteiger partial charge in [0, 0.05) is 6.20 Å². The van der Waals surface area contributed by atoms with Crippen LogP contribution >= 0.6 is 11.8 Å². The molecule has 0 unspecified atom stereocenters. The number of carbonyl (C=O) groups excluding carboxylic acids is 1. The minimum atomic E-state index is -0.385. The maximum absolute atomic E-state index is 11.7. The highest BCUT2D eigenvalue weighted by molar-refractivity contribution is 7.99. The summed E-state index contributed by atoms with van der Waals surface area (Å²) in [4.78, 5) is 20.2. The highest BCUT2D eigenvalue weighted by Gasteiger charge is 2.14. The maximum Gasteiger partial charge on any atom is 0.341 e. The minimum Gasteiger partial charge on any atom is -0.462 e. The van der Waals surface area contributed by atoms with E-state index in [4.69, 9.17) is 4.74 Å². The number of aryl methyl sites for hydroxylation is 1. The molecule has 0 bridgehead atoms. The van der Waals surface area contributed by atoms with Crippen molar-refractivity contribution in [1.29, 1.82) is 0 Å². The summed E-state index contributed by atoms with van der Waals surface area (Å²) in [5.41, 5.74) is 1.02. The van der Waals surface area contributed by atoms with Crippen LogP contribution in [0.2, 0.25) is 0 Å². The Hall–Kier alpha value is -1.63. The molecule has 7 heteroatoms. The van der Waals surface area contributed by atoms with Gasteiger partial charge in [-0.05, 0) is 19.6 Å². The van der Waals surface area contributed by atoms with Crippen molar-refractivity contribution in [2.75, 3.05) is 12.4 Å². The molecule has 0 aliphatic heterocycles. The zero-order chi connectivity index (χ0) is 13.1. The Kier molecular flexibility index (Phi) is 3.81. The van der Waals surface area contributed by atoms with Crippen molar-refractivity contribution in [2.45, 2.75) is 25.9 Å². The molecule has 0 aliphatic rings. The van der Waals surface area contributed by atoms with E-state index in [0.717, 1.165) is 5.75 Å². The zero-order valence-corrected chi connectivity index (χ0v) is 11.3. The van der Waals surface area contributed by atoms with Gasteiger partial charge in [-0.15, -0.1) is 5.10 Å². The quantitative estimate of drug-likeness (QED) is 0.620. The van der Waals surface area contributed by atoms with E-state index >= 15 is 0 Å². The molecule has 0 aromatic carbocycles. The average molecular weight is 266 g/mol. The summed E-state index contributed by atoms with van der Waals surface area (Å²) in [5, 5.41) is 4.90. The van der Waals surface area contributed by atoms with Crippen molar-refractivity contribution in [3.8, 4) is 0 Å². The van der Waals surface area contributed by atoms with E-state index in [1.54, 1.807) is 20.0 Å². The number of esters is 1. The predicted molar refractivity (Wildman–Crippen MR) is 67.9 cm³/mol. The Balaban J connectivity index is 2.43. The first-order chi connectivity index (χ1) is 8.65. The van der Waals surface area contributed by atoms with E-state index in [9.17, 15) is 4.79 Å². The third-order valence-corrected chi connectivity index (χ3v) is 2.99. The summed E-state index contributed by atoms with van der Waals surface area (Å²) in [6.07, 6.45) is 1.61. The molecule has 0 atom stereocenters. The van der Waals surface area contributed by atoms with Gasteiger partial charge >= 0.3 is 5.97 Å². The van der Waals surface area contributed by atoms with Crippen molar-refractivity contribution in [1.82, 2.24) is 19.6 Å². The monoisotopic (exact) mass is 266 g/mol. The standard InChI is InChI=1S/C11H14N4O2S/c1-4-17-9(16)8-6-15-10(12-7(8)3)13-11(14-15)18-5-2/h6H,4-5H2,1-3H3. The number of aromatic nitrogens is 4. The van der Waals surface area contributed by atoms with Gasteiger partial charge in [0.2, 0.25) is 5.16 Å². The number of ether oxygens (including phenoxy) is 1. The van der Waals surface area contributed by atoms with Crippen LogP contribution in [-0.4, -0.2) is 37.9 Å². The van der Waals surface area contributed by atoms with E-state index in [0.29, 0.717) is 28.8 Å². The van der Waals surface area contributed by atoms with Gasteiger partial charge in [0.1, 0.15) is 0 Å². The van der Waals surface area contributed by atoms with Crippen LogP contribution in [0.25, 0.3) is 5.78 Å². The highest BCUT2D eigenvalue weighted by atomic mass is 32.2. The molecule has 2 aromatic rings. The molecule has 0 saturated heterocycles. The van der Waals surface area contributed by atoms with Gasteiger partial charge < -0.3 is 4.74 Å². The van der Waals surface area contributed by atoms with Crippen molar-refractivity contribution in [2.24, 2.45) is 0 Å². The van der Waals surface area contributed by atoms with Crippen LogP contribution in [0.15, 0.2) is 11.4 Å². The van der Waals surface area contributed by atoms with E-state index in [2.05, 4.69) is 15.1 Å². The van der Waals surface area contributed by atoms with Crippen LogP contribution in [0.3, 0.4) is 0 Å². The molecule has 0 N–H and O–H groups in total. The van der Waals surface area contributed by atoms with Crippen molar-refractivity contribution in [3.05, 3.63) is 17.5 Å². The number of nitrogens with zero attached hydrogens (tertiary/aromatic N) is 4. The smallest absolute Gasteiger partial charge is 0.341 e. The number of fused-ring (bicyclic) bond motifs is 1. The molecule has 0 amide bonds. The van der Waals surface area contributed by atoms with Gasteiger partial charge in [0.25, 0.3) is 5.78 Å². The van der Waals surface area contributed by atoms with E-state index in [1.165, 1.54) is 16.3 Å². The second kappa shape index (κ2) is 5.34. The summed E-state index contributed by atoms with van der Waals surface area (Å²) < 4.78 is 6.48. The average Bonchev–Trinajstić information content (AvgIpc) is 2.70. The van der Waals surface area contributed by atoms with Crippen molar-refractivity contribution >= 4 is 23.5 Å². The molecule has 2 heterocycles. The predicted octanol–water partition coefficient (Wildman–Crippen LogP) is 1.72. The Morgan fingerprint density at radius 1 is 1.44 bits per heavy atom. The van der Waals surface area contributed by atoms with Gasteiger partial charge in [-0.1, -0.05) is 18.7 Å². The summed E-state index contributed by atoms with van der Waals surface area (Å²) in [6.45, 7) is 5.89. The lowest BCUT2D eigenvalue weighted by Crippen LogP contribution is -2.10. The minimum absolute atomic E-state index is 0.338. The lowest BCUT2D eigenvalue weighted by Gasteiger charge is -2.04. The van der Waals surface area contributed by atoms with Crippen LogP contribution in [0.5, 0.6) is 0 Å². The normalized spacial score (nSPS) is 10.8. The molecule has 0 radical (unpaired) electrons. The van der Waals surface area contributed by atoms with Gasteiger partial charge in [-0.2, -0.15) is 4.98 Å². The second-order valence-corrected chi connectivity index (χ2v) is 4.76. The first kappa shape index (κ1) is 12.8. The summed E-state index contributed by atoms with van der Waals surface area (Å²) >= 11 is 1.53. The number of rotatable bonds is 4. The largest absolute Gasteiger partial charge is 0.462 e. The van der Waals surface area contributed by atoms with Crippen LogP contribution in [-0.2, 0) is 4.74 Å².